The van der Waals surface area contributed by atoms with Crippen molar-refractivity contribution in [2.45, 2.75) is 75.9 Å². The highest BCUT2D eigenvalue weighted by Gasteiger charge is 2.43. The molecular formula is C39H43BrClFN4O4. The van der Waals surface area contributed by atoms with E-state index in [-0.39, 0.29) is 48.6 Å². The van der Waals surface area contributed by atoms with Crippen LogP contribution < -0.4 is 15.8 Å². The highest BCUT2D eigenvalue weighted by atomic mass is 79.9. The number of hydrogen-bond donors (Lipinski definition) is 2. The molecule has 1 saturated heterocycles. The van der Waals surface area contributed by atoms with E-state index in [0.29, 0.717) is 60.7 Å². The van der Waals surface area contributed by atoms with Gasteiger partial charge in [0, 0.05) is 61.2 Å². The summed E-state index contributed by atoms with van der Waals surface area (Å²) in [6, 6.07) is 20.4. The maximum absolute atomic E-state index is 14.7. The van der Waals surface area contributed by atoms with Crippen LogP contribution in [0, 0.1) is 5.82 Å². The molecule has 6 rings (SSSR count). The molecule has 8 nitrogen and oxygen atoms in total. The molecule has 3 aliphatic rings. The van der Waals surface area contributed by atoms with Crippen molar-refractivity contribution >= 4 is 50.8 Å². The minimum Gasteiger partial charge on any atom is -0.492 e. The molecule has 2 fully saturated rings. The lowest BCUT2D eigenvalue weighted by Gasteiger charge is -2.45. The van der Waals surface area contributed by atoms with Crippen LogP contribution in [0.3, 0.4) is 0 Å². The fourth-order valence-corrected chi connectivity index (χ4v) is 7.59. The molecule has 0 unspecified atom stereocenters. The van der Waals surface area contributed by atoms with Crippen molar-refractivity contribution in [2.75, 3.05) is 26.2 Å². The second-order valence-corrected chi connectivity index (χ2v) is 14.7. The number of carbonyl (C=O) groups excluding carboxylic acids is 3. The molecule has 264 valence electrons. The summed E-state index contributed by atoms with van der Waals surface area (Å²) in [5.41, 5.74) is 10.2. The number of amides is 3. The number of piperazine rings is 1. The predicted molar refractivity (Wildman–Crippen MR) is 196 cm³/mol. The predicted octanol–water partition coefficient (Wildman–Crippen LogP) is 6.47. The van der Waals surface area contributed by atoms with Crippen molar-refractivity contribution < 1.29 is 23.5 Å². The molecule has 11 heteroatoms. The lowest BCUT2D eigenvalue weighted by atomic mass is 9.82. The molecule has 2 aliphatic heterocycles. The van der Waals surface area contributed by atoms with Crippen LogP contribution in [0.1, 0.15) is 61.6 Å². The lowest BCUT2D eigenvalue weighted by Crippen LogP contribution is -2.62. The van der Waals surface area contributed by atoms with Crippen molar-refractivity contribution in [3.8, 4) is 5.75 Å². The fourth-order valence-electron chi connectivity index (χ4n) is 6.99. The summed E-state index contributed by atoms with van der Waals surface area (Å²) in [6.45, 7) is 1.93. The van der Waals surface area contributed by atoms with E-state index in [4.69, 9.17) is 22.1 Å². The monoisotopic (exact) mass is 764 g/mol. The Hall–Kier alpha value is -3.73. The van der Waals surface area contributed by atoms with E-state index in [2.05, 4.69) is 45.5 Å². The summed E-state index contributed by atoms with van der Waals surface area (Å²) in [6.07, 6.45) is 5.59. The molecule has 3 N–H and O–H groups in total. The molecule has 0 aromatic heterocycles. The molecular weight excluding hydrogens is 723 g/mol. The number of aryl methyl sites for hydroxylation is 1. The Bertz CT molecular complexity index is 1750. The smallest absolute Gasteiger partial charge is 0.252 e. The van der Waals surface area contributed by atoms with Gasteiger partial charge in [-0.1, -0.05) is 54.1 Å². The number of primary amides is 1. The Labute approximate surface area is 306 Å². The maximum Gasteiger partial charge on any atom is 0.252 e. The van der Waals surface area contributed by atoms with Crippen LogP contribution >= 0.6 is 27.5 Å². The highest BCUT2D eigenvalue weighted by Crippen LogP contribution is 2.37. The Morgan fingerprint density at radius 3 is 2.52 bits per heavy atom. The van der Waals surface area contributed by atoms with Crippen LogP contribution in [-0.2, 0) is 27.2 Å². The van der Waals surface area contributed by atoms with E-state index in [1.807, 2.05) is 34.1 Å². The second kappa shape index (κ2) is 16.5. The SMILES string of the molecule is NC(=O)CCCC(=O)N1C[C@H]2CC(c3ccc(CCCOc4cc(F)ccc4Br)cc3)=C(C(=O)N(CCc3ccccc3Cl)C3CC3)[C@@H](C1)N2. The first-order chi connectivity index (χ1) is 24.2. The van der Waals surface area contributed by atoms with E-state index in [9.17, 15) is 18.8 Å². The first-order valence-electron chi connectivity index (χ1n) is 17.4. The van der Waals surface area contributed by atoms with Gasteiger partial charge in [0.1, 0.15) is 11.6 Å². The van der Waals surface area contributed by atoms with Crippen molar-refractivity contribution in [1.82, 2.24) is 15.1 Å². The third-order valence-electron chi connectivity index (χ3n) is 9.69. The van der Waals surface area contributed by atoms with Crippen molar-refractivity contribution in [3.63, 3.8) is 0 Å². The van der Waals surface area contributed by atoms with Crippen LogP contribution in [0.15, 0.2) is 76.8 Å². The van der Waals surface area contributed by atoms with Gasteiger partial charge in [0.15, 0.2) is 0 Å². The van der Waals surface area contributed by atoms with Gasteiger partial charge in [-0.3, -0.25) is 14.4 Å². The quantitative estimate of drug-likeness (QED) is 0.173. The van der Waals surface area contributed by atoms with E-state index in [1.54, 1.807) is 6.07 Å². The minimum atomic E-state index is -0.413. The van der Waals surface area contributed by atoms with Gasteiger partial charge in [-0.2, -0.15) is 0 Å². The Balaban J connectivity index is 1.21. The molecule has 1 aliphatic carbocycles. The molecule has 3 aromatic rings. The number of benzene rings is 3. The fraction of sp³-hybridized carbons (Fsp3) is 0.410. The van der Waals surface area contributed by atoms with Crippen LogP contribution in [-0.4, -0.2) is 71.9 Å². The average Bonchev–Trinajstić information content (AvgIpc) is 3.94. The normalized spacial score (nSPS) is 18.6. The van der Waals surface area contributed by atoms with E-state index in [1.165, 1.54) is 12.1 Å². The zero-order valence-corrected chi connectivity index (χ0v) is 30.4. The first-order valence-corrected chi connectivity index (χ1v) is 18.6. The van der Waals surface area contributed by atoms with Gasteiger partial charge in [0.2, 0.25) is 11.8 Å². The van der Waals surface area contributed by atoms with Crippen molar-refractivity contribution in [2.24, 2.45) is 5.73 Å². The van der Waals surface area contributed by atoms with Gasteiger partial charge in [-0.25, -0.2) is 4.39 Å². The molecule has 2 atom stereocenters. The molecule has 0 radical (unpaired) electrons. The number of halogens is 3. The number of hydrogen-bond acceptors (Lipinski definition) is 5. The number of rotatable bonds is 15. The number of ether oxygens (including phenoxy) is 1. The number of nitrogens with one attached hydrogen (secondary N) is 1. The van der Waals surface area contributed by atoms with Crippen molar-refractivity contribution in [3.05, 3.63) is 104 Å². The summed E-state index contributed by atoms with van der Waals surface area (Å²) in [4.78, 5) is 43.1. The molecule has 2 heterocycles. The lowest BCUT2D eigenvalue weighted by molar-refractivity contribution is -0.134. The summed E-state index contributed by atoms with van der Waals surface area (Å²) in [5, 5.41) is 4.37. The van der Waals surface area contributed by atoms with Crippen LogP contribution in [0.25, 0.3) is 5.57 Å². The summed E-state index contributed by atoms with van der Waals surface area (Å²) >= 11 is 9.89. The van der Waals surface area contributed by atoms with Crippen LogP contribution in [0.5, 0.6) is 5.75 Å². The highest BCUT2D eigenvalue weighted by molar-refractivity contribution is 9.10. The Morgan fingerprint density at radius 1 is 1.00 bits per heavy atom. The third-order valence-corrected chi connectivity index (χ3v) is 10.7. The number of nitrogens with two attached hydrogens (primary N) is 1. The molecule has 1 saturated carbocycles. The summed E-state index contributed by atoms with van der Waals surface area (Å²) < 4.78 is 20.1. The molecule has 0 spiro atoms. The zero-order valence-electron chi connectivity index (χ0n) is 28.0. The van der Waals surface area contributed by atoms with Crippen molar-refractivity contribution in [1.29, 1.82) is 0 Å². The molecule has 3 aromatic carbocycles. The van der Waals surface area contributed by atoms with E-state index >= 15 is 0 Å². The average molecular weight is 766 g/mol. The largest absolute Gasteiger partial charge is 0.492 e. The minimum absolute atomic E-state index is 0.00290. The van der Waals surface area contributed by atoms with E-state index < -0.39 is 5.91 Å². The van der Waals surface area contributed by atoms with Crippen LogP contribution in [0.4, 0.5) is 4.39 Å². The third kappa shape index (κ3) is 9.13. The Morgan fingerprint density at radius 2 is 1.78 bits per heavy atom. The first kappa shape index (κ1) is 36.1. The van der Waals surface area contributed by atoms with Gasteiger partial charge in [-0.05, 0) is 101 Å². The second-order valence-electron chi connectivity index (χ2n) is 13.4. The standard InChI is InChI=1S/C39H43BrClFN4O4/c40-32-17-14-28(42)21-35(32)50-20-4-5-25-10-12-26(13-11-25)31-22-29-23-45(37(48)9-3-8-36(43)47)24-34(44-29)38(31)39(49)46(30-15-16-30)19-18-27-6-1-2-7-33(27)41/h1-2,6-7,10-14,17,21,29-30,34,44H,3-5,8-9,15-16,18-20,22-24H2,(H2,43,47)/t29-,34-/m1/s1. The molecule has 3 amide bonds. The molecule has 2 bridgehead atoms. The number of nitrogens with zero attached hydrogens (tertiary/aromatic N) is 2. The Kier molecular flexibility index (Phi) is 11.9. The van der Waals surface area contributed by atoms with Gasteiger partial charge in [0.05, 0.1) is 17.1 Å². The van der Waals surface area contributed by atoms with Crippen LogP contribution in [0.2, 0.25) is 5.02 Å². The summed E-state index contributed by atoms with van der Waals surface area (Å²) in [7, 11) is 0. The van der Waals surface area contributed by atoms with E-state index in [0.717, 1.165) is 53.5 Å². The zero-order chi connectivity index (χ0) is 35.2. The van der Waals surface area contributed by atoms with Gasteiger partial charge < -0.3 is 25.6 Å². The number of fused-ring (bicyclic) bond motifs is 2. The van der Waals surface area contributed by atoms with Gasteiger partial charge in [0.25, 0.3) is 5.91 Å². The summed E-state index contributed by atoms with van der Waals surface area (Å²) in [5.74, 6) is -0.275. The molecule has 50 heavy (non-hydrogen) atoms. The topological polar surface area (TPSA) is 105 Å². The number of carbonyl (C=O) groups is 3. The maximum atomic E-state index is 14.7. The van der Waals surface area contributed by atoms with Gasteiger partial charge in [-0.15, -0.1) is 0 Å². The van der Waals surface area contributed by atoms with Gasteiger partial charge >= 0.3 is 0 Å².